The van der Waals surface area contributed by atoms with Crippen molar-refractivity contribution >= 4 is 12.0 Å². The summed E-state index contributed by atoms with van der Waals surface area (Å²) in [6.45, 7) is 5.19. The van der Waals surface area contributed by atoms with E-state index in [1.807, 2.05) is 48.2 Å². The van der Waals surface area contributed by atoms with Gasteiger partial charge in [-0.05, 0) is 69.0 Å². The Kier molecular flexibility index (Phi) is 11.9. The Hall–Kier alpha value is -3.01. The zero-order valence-corrected chi connectivity index (χ0v) is 24.3. The topological polar surface area (TPSA) is 94.1 Å². The molecule has 2 amide bonds. The van der Waals surface area contributed by atoms with E-state index >= 15 is 4.39 Å². The number of nitrogens with one attached hydrogen (secondary N) is 2. The standard InChI is InChI=1S/C31H45FN4O4/c1-5-23-10-6-11-24(20-23)29-26(13-7-14-27(29)32)31(39,15-9-16-34-30(38)40-4)25-12-8-18-36(21-25)28(37)22-35(3)19-17-33-2/h6-7,10-11,13-14,20,25,33,39H,5,8-9,12,15-19,21-22H2,1-4H3,(H,34,38). The number of methoxy groups -OCH3 is 1. The number of halogens is 1. The molecule has 0 bridgehead atoms. The van der Waals surface area contributed by atoms with Crippen LogP contribution in [0.2, 0.25) is 0 Å². The minimum Gasteiger partial charge on any atom is -0.453 e. The summed E-state index contributed by atoms with van der Waals surface area (Å²) in [6.07, 6.45) is 2.45. The van der Waals surface area contributed by atoms with Gasteiger partial charge in [0.25, 0.3) is 0 Å². The van der Waals surface area contributed by atoms with Crippen molar-refractivity contribution in [3.05, 3.63) is 59.4 Å². The third kappa shape index (κ3) is 8.02. The molecule has 1 heterocycles. The molecule has 3 N–H and O–H groups in total. The van der Waals surface area contributed by atoms with Crippen LogP contribution in [0.1, 0.15) is 43.7 Å². The molecule has 0 radical (unpaired) electrons. The number of nitrogens with zero attached hydrogens (tertiary/aromatic N) is 2. The number of piperidine rings is 1. The lowest BCUT2D eigenvalue weighted by atomic mass is 9.72. The molecule has 3 rings (SSSR count). The van der Waals surface area contributed by atoms with Gasteiger partial charge < -0.3 is 25.4 Å². The van der Waals surface area contributed by atoms with Crippen LogP contribution in [-0.2, 0) is 21.6 Å². The summed E-state index contributed by atoms with van der Waals surface area (Å²) >= 11 is 0. The summed E-state index contributed by atoms with van der Waals surface area (Å²) in [5.41, 5.74) is 1.28. The van der Waals surface area contributed by atoms with E-state index in [4.69, 9.17) is 0 Å². The maximum Gasteiger partial charge on any atom is 0.406 e. The van der Waals surface area contributed by atoms with E-state index in [2.05, 4.69) is 22.3 Å². The van der Waals surface area contributed by atoms with Crippen LogP contribution < -0.4 is 10.6 Å². The number of aryl methyl sites for hydroxylation is 1. The smallest absolute Gasteiger partial charge is 0.406 e. The van der Waals surface area contributed by atoms with Crippen molar-refractivity contribution in [2.24, 2.45) is 5.92 Å². The lowest BCUT2D eigenvalue weighted by Gasteiger charge is -2.44. The summed E-state index contributed by atoms with van der Waals surface area (Å²) < 4.78 is 20.3. The second kappa shape index (κ2) is 15.1. The number of carbonyl (C=O) groups is 2. The molecule has 2 atom stereocenters. The average molecular weight is 557 g/mol. The highest BCUT2D eigenvalue weighted by Crippen LogP contribution is 2.44. The van der Waals surface area contributed by atoms with Gasteiger partial charge in [0.15, 0.2) is 0 Å². The van der Waals surface area contributed by atoms with Crippen LogP contribution in [0.25, 0.3) is 11.1 Å². The summed E-state index contributed by atoms with van der Waals surface area (Å²) in [7, 11) is 5.11. The Morgan fingerprint density at radius 2 is 2.00 bits per heavy atom. The van der Waals surface area contributed by atoms with Crippen LogP contribution in [0.4, 0.5) is 9.18 Å². The van der Waals surface area contributed by atoms with Crippen molar-refractivity contribution in [2.45, 2.75) is 44.6 Å². The van der Waals surface area contributed by atoms with Gasteiger partial charge in [-0.25, -0.2) is 9.18 Å². The molecule has 2 aromatic carbocycles. The number of likely N-dealkylation sites (tertiary alicyclic amines) is 1. The van der Waals surface area contributed by atoms with Gasteiger partial charge in [-0.3, -0.25) is 9.69 Å². The molecular weight excluding hydrogens is 511 g/mol. The molecule has 0 spiro atoms. The number of aliphatic hydroxyl groups is 1. The van der Waals surface area contributed by atoms with Crippen LogP contribution in [-0.4, -0.2) is 87.4 Å². The number of likely N-dealkylation sites (N-methyl/N-ethyl adjacent to an activating group) is 2. The Balaban J connectivity index is 1.96. The zero-order chi connectivity index (χ0) is 29.1. The lowest BCUT2D eigenvalue weighted by Crippen LogP contribution is -2.50. The minimum atomic E-state index is -1.42. The first kappa shape index (κ1) is 31.5. The second-order valence-electron chi connectivity index (χ2n) is 10.7. The van der Waals surface area contributed by atoms with Gasteiger partial charge in [0, 0.05) is 44.2 Å². The lowest BCUT2D eigenvalue weighted by molar-refractivity contribution is -0.137. The first-order valence-corrected chi connectivity index (χ1v) is 14.3. The quantitative estimate of drug-likeness (QED) is 0.325. The van der Waals surface area contributed by atoms with Crippen LogP contribution in [0.5, 0.6) is 0 Å². The molecule has 2 aromatic rings. The van der Waals surface area contributed by atoms with Crippen molar-refractivity contribution in [1.29, 1.82) is 0 Å². The molecule has 1 aliphatic heterocycles. The molecular formula is C31H45FN4O4. The Morgan fingerprint density at radius 1 is 1.23 bits per heavy atom. The Bertz CT molecular complexity index is 1130. The van der Waals surface area contributed by atoms with Crippen molar-refractivity contribution < 1.29 is 23.8 Å². The summed E-state index contributed by atoms with van der Waals surface area (Å²) in [5, 5.41) is 18.3. The Labute approximate surface area is 237 Å². The molecule has 9 heteroatoms. The average Bonchev–Trinajstić information content (AvgIpc) is 2.97. The maximum absolute atomic E-state index is 15.6. The third-order valence-electron chi connectivity index (χ3n) is 7.89. The van der Waals surface area contributed by atoms with Gasteiger partial charge in [-0.2, -0.15) is 0 Å². The van der Waals surface area contributed by atoms with E-state index in [1.54, 1.807) is 12.1 Å². The number of rotatable bonds is 13. The molecule has 0 aliphatic carbocycles. The second-order valence-corrected chi connectivity index (χ2v) is 10.7. The van der Waals surface area contributed by atoms with Gasteiger partial charge in [0.1, 0.15) is 5.82 Å². The predicted octanol–water partition coefficient (Wildman–Crippen LogP) is 3.77. The van der Waals surface area contributed by atoms with Crippen LogP contribution in [0, 0.1) is 11.7 Å². The number of amides is 2. The van der Waals surface area contributed by atoms with Crippen LogP contribution in [0.15, 0.2) is 42.5 Å². The highest BCUT2D eigenvalue weighted by molar-refractivity contribution is 5.78. The van der Waals surface area contributed by atoms with E-state index in [0.717, 1.165) is 31.5 Å². The van der Waals surface area contributed by atoms with Crippen LogP contribution in [0.3, 0.4) is 0 Å². The molecule has 40 heavy (non-hydrogen) atoms. The molecule has 1 saturated heterocycles. The minimum absolute atomic E-state index is 0.0214. The number of hydrogen-bond donors (Lipinski definition) is 3. The molecule has 2 unspecified atom stereocenters. The fourth-order valence-electron chi connectivity index (χ4n) is 5.61. The van der Waals surface area contributed by atoms with Crippen molar-refractivity contribution in [3.8, 4) is 11.1 Å². The highest BCUT2D eigenvalue weighted by Gasteiger charge is 2.43. The fourth-order valence-corrected chi connectivity index (χ4v) is 5.61. The summed E-state index contributed by atoms with van der Waals surface area (Å²) in [4.78, 5) is 28.7. The fraction of sp³-hybridized carbons (Fsp3) is 0.548. The maximum atomic E-state index is 15.6. The van der Waals surface area contributed by atoms with E-state index in [1.165, 1.54) is 13.2 Å². The van der Waals surface area contributed by atoms with Crippen molar-refractivity contribution in [3.63, 3.8) is 0 Å². The summed E-state index contributed by atoms with van der Waals surface area (Å²) in [5.74, 6) is -0.680. The zero-order valence-electron chi connectivity index (χ0n) is 24.3. The van der Waals surface area contributed by atoms with E-state index in [9.17, 15) is 14.7 Å². The SMILES string of the molecule is CCc1cccc(-c2c(F)cccc2C(O)(CCCNC(=O)OC)C2CCCN(C(=O)CN(C)CCNC)C2)c1. The molecule has 220 valence electrons. The first-order chi connectivity index (χ1) is 19.2. The van der Waals surface area contributed by atoms with E-state index in [0.29, 0.717) is 55.7 Å². The van der Waals surface area contributed by atoms with Gasteiger partial charge in [0.2, 0.25) is 5.91 Å². The number of hydrogen-bond acceptors (Lipinski definition) is 6. The van der Waals surface area contributed by atoms with Crippen molar-refractivity contribution in [2.75, 3.05) is 60.5 Å². The first-order valence-electron chi connectivity index (χ1n) is 14.3. The molecule has 0 saturated carbocycles. The normalized spacial score (nSPS) is 17.0. The number of carbonyl (C=O) groups excluding carboxylic acids is 2. The molecule has 8 nitrogen and oxygen atoms in total. The molecule has 1 fully saturated rings. The third-order valence-corrected chi connectivity index (χ3v) is 7.89. The van der Waals surface area contributed by atoms with Gasteiger partial charge in [0.05, 0.1) is 19.3 Å². The van der Waals surface area contributed by atoms with Gasteiger partial charge in [-0.1, -0.05) is 43.3 Å². The molecule has 0 aromatic heterocycles. The van der Waals surface area contributed by atoms with Gasteiger partial charge in [-0.15, -0.1) is 0 Å². The highest BCUT2D eigenvalue weighted by atomic mass is 19.1. The van der Waals surface area contributed by atoms with Gasteiger partial charge >= 0.3 is 6.09 Å². The summed E-state index contributed by atoms with van der Waals surface area (Å²) in [6, 6.07) is 12.6. The predicted molar refractivity (Wildman–Crippen MR) is 155 cm³/mol. The Morgan fingerprint density at radius 3 is 2.73 bits per heavy atom. The van der Waals surface area contributed by atoms with E-state index < -0.39 is 17.5 Å². The van der Waals surface area contributed by atoms with Crippen molar-refractivity contribution in [1.82, 2.24) is 20.4 Å². The number of alkyl carbamates (subject to hydrolysis) is 1. The monoisotopic (exact) mass is 556 g/mol. The molecule has 1 aliphatic rings. The van der Waals surface area contributed by atoms with E-state index in [-0.39, 0.29) is 18.2 Å². The number of ether oxygens (including phenoxy) is 1. The van der Waals surface area contributed by atoms with Crippen LogP contribution >= 0.6 is 0 Å². The largest absolute Gasteiger partial charge is 0.453 e. The number of benzene rings is 2.